The van der Waals surface area contributed by atoms with Gasteiger partial charge >= 0.3 is 6.36 Å². The van der Waals surface area contributed by atoms with E-state index in [1.807, 2.05) is 0 Å². The minimum Gasteiger partial charge on any atom is -0.406 e. The van der Waals surface area contributed by atoms with E-state index in [2.05, 4.69) is 9.57 Å². The van der Waals surface area contributed by atoms with Crippen molar-refractivity contribution < 1.29 is 31.2 Å². The molecule has 0 aromatic heterocycles. The zero-order chi connectivity index (χ0) is 14.0. The first kappa shape index (κ1) is 14.7. The highest BCUT2D eigenvalue weighted by Gasteiger charge is 2.31. The number of halogens is 3. The molecule has 9 heteroatoms. The third-order valence-corrected chi connectivity index (χ3v) is 3.64. The molecule has 102 valence electrons. The normalized spacial score (nSPS) is 12.8. The van der Waals surface area contributed by atoms with E-state index >= 15 is 0 Å². The van der Waals surface area contributed by atoms with Crippen molar-refractivity contribution in [2.45, 2.75) is 11.3 Å². The number of rotatable bonds is 4. The Morgan fingerprint density at radius 1 is 1.17 bits per heavy atom. The van der Waals surface area contributed by atoms with Crippen molar-refractivity contribution in [1.82, 2.24) is 4.47 Å². The summed E-state index contributed by atoms with van der Waals surface area (Å²) < 4.78 is 63.3. The van der Waals surface area contributed by atoms with Crippen LogP contribution in [0.5, 0.6) is 5.75 Å². The Morgan fingerprint density at radius 3 is 2.06 bits per heavy atom. The second-order valence-electron chi connectivity index (χ2n) is 3.12. The Bertz CT molecular complexity index is 498. The second-order valence-corrected chi connectivity index (χ2v) is 5.05. The van der Waals surface area contributed by atoms with Crippen LogP contribution in [-0.4, -0.2) is 33.4 Å². The van der Waals surface area contributed by atoms with Gasteiger partial charge in [-0.2, -0.15) is 0 Å². The van der Waals surface area contributed by atoms with Crippen molar-refractivity contribution in [1.29, 1.82) is 0 Å². The number of ether oxygens (including phenoxy) is 1. The van der Waals surface area contributed by atoms with Crippen LogP contribution in [0.4, 0.5) is 13.2 Å². The minimum atomic E-state index is -4.82. The van der Waals surface area contributed by atoms with E-state index in [0.717, 1.165) is 38.4 Å². The van der Waals surface area contributed by atoms with E-state index in [1.54, 1.807) is 0 Å². The van der Waals surface area contributed by atoms with Crippen molar-refractivity contribution in [2.24, 2.45) is 0 Å². The molecule has 0 atom stereocenters. The molecule has 0 heterocycles. The fraction of sp³-hybridized carbons (Fsp3) is 0.333. The van der Waals surface area contributed by atoms with Gasteiger partial charge in [0.2, 0.25) is 0 Å². The molecule has 0 saturated carbocycles. The van der Waals surface area contributed by atoms with Crippen LogP contribution in [0.25, 0.3) is 0 Å². The summed E-state index contributed by atoms with van der Waals surface area (Å²) in [7, 11) is -1.56. The van der Waals surface area contributed by atoms with Crippen LogP contribution in [0, 0.1) is 0 Å². The molecule has 0 aliphatic carbocycles. The highest BCUT2D eigenvalue weighted by Crippen LogP contribution is 2.24. The van der Waals surface area contributed by atoms with E-state index in [9.17, 15) is 21.6 Å². The molecule has 0 radical (unpaired) electrons. The molecule has 0 unspecified atom stereocenters. The Balaban J connectivity index is 2.97. The van der Waals surface area contributed by atoms with Crippen molar-refractivity contribution >= 4 is 10.0 Å². The van der Waals surface area contributed by atoms with Crippen LogP contribution in [0.3, 0.4) is 0 Å². The van der Waals surface area contributed by atoms with Crippen LogP contribution >= 0.6 is 0 Å². The van der Waals surface area contributed by atoms with E-state index < -0.39 is 22.1 Å². The summed E-state index contributed by atoms with van der Waals surface area (Å²) in [6.07, 6.45) is -4.82. The fourth-order valence-corrected chi connectivity index (χ4v) is 2.03. The van der Waals surface area contributed by atoms with Gasteiger partial charge in [-0.15, -0.1) is 13.2 Å². The molecule has 1 rings (SSSR count). The molecular formula is C9H10F3NO4S. The summed E-state index contributed by atoms with van der Waals surface area (Å²) in [5.74, 6) is -0.499. The molecule has 0 fully saturated rings. The Kier molecular flexibility index (Phi) is 4.20. The smallest absolute Gasteiger partial charge is 0.406 e. The summed E-state index contributed by atoms with van der Waals surface area (Å²) in [4.78, 5) is 4.31. The number of benzene rings is 1. The number of nitrogens with zero attached hydrogens (tertiary/aromatic N) is 1. The molecule has 1 aromatic rings. The Morgan fingerprint density at radius 2 is 1.67 bits per heavy atom. The van der Waals surface area contributed by atoms with Gasteiger partial charge in [-0.1, -0.05) is 4.47 Å². The molecule has 0 spiro atoms. The van der Waals surface area contributed by atoms with E-state index in [0.29, 0.717) is 4.47 Å². The van der Waals surface area contributed by atoms with Gasteiger partial charge in [0.05, 0.1) is 12.0 Å². The van der Waals surface area contributed by atoms with Gasteiger partial charge < -0.3 is 4.74 Å². The van der Waals surface area contributed by atoms with Gasteiger partial charge in [-0.3, -0.25) is 4.84 Å². The lowest BCUT2D eigenvalue weighted by atomic mass is 10.3. The lowest BCUT2D eigenvalue weighted by molar-refractivity contribution is -0.274. The molecule has 0 aliphatic heterocycles. The monoisotopic (exact) mass is 285 g/mol. The number of hydroxylamine groups is 1. The predicted molar refractivity (Wildman–Crippen MR) is 55.1 cm³/mol. The van der Waals surface area contributed by atoms with Gasteiger partial charge in [0.1, 0.15) is 5.75 Å². The number of sulfonamides is 1. The molecule has 0 N–H and O–H groups in total. The van der Waals surface area contributed by atoms with Crippen molar-refractivity contribution in [3.8, 4) is 5.75 Å². The highest BCUT2D eigenvalue weighted by atomic mass is 32.2. The molecular weight excluding hydrogens is 275 g/mol. The maximum Gasteiger partial charge on any atom is 0.573 e. The SMILES string of the molecule is CON(C)S(=O)(=O)c1ccc(OC(F)(F)F)cc1. The summed E-state index contributed by atoms with van der Waals surface area (Å²) in [5, 5.41) is 0. The quantitative estimate of drug-likeness (QED) is 0.791. The molecule has 0 bridgehead atoms. The van der Waals surface area contributed by atoms with Crippen LogP contribution < -0.4 is 4.74 Å². The summed E-state index contributed by atoms with van der Waals surface area (Å²) >= 11 is 0. The van der Waals surface area contributed by atoms with E-state index in [4.69, 9.17) is 0 Å². The first-order chi connectivity index (χ1) is 8.16. The van der Waals surface area contributed by atoms with Crippen molar-refractivity contribution in [3.63, 3.8) is 0 Å². The third-order valence-electron chi connectivity index (χ3n) is 1.95. The number of hydrogen-bond acceptors (Lipinski definition) is 4. The lowest BCUT2D eigenvalue weighted by Crippen LogP contribution is -2.25. The van der Waals surface area contributed by atoms with Crippen LogP contribution in [0.2, 0.25) is 0 Å². The average molecular weight is 285 g/mol. The zero-order valence-electron chi connectivity index (χ0n) is 9.43. The van der Waals surface area contributed by atoms with E-state index in [1.165, 1.54) is 0 Å². The summed E-state index contributed by atoms with van der Waals surface area (Å²) in [5.41, 5.74) is 0. The maximum absolute atomic E-state index is 11.9. The summed E-state index contributed by atoms with van der Waals surface area (Å²) in [6.45, 7) is 0. The van der Waals surface area contributed by atoms with Gasteiger partial charge in [0.15, 0.2) is 0 Å². The Labute approximate surface area is 102 Å². The molecule has 0 amide bonds. The zero-order valence-corrected chi connectivity index (χ0v) is 10.2. The lowest BCUT2D eigenvalue weighted by Gasteiger charge is -2.14. The fourth-order valence-electron chi connectivity index (χ4n) is 1.06. The maximum atomic E-state index is 11.9. The van der Waals surface area contributed by atoms with Crippen molar-refractivity contribution in [3.05, 3.63) is 24.3 Å². The average Bonchev–Trinajstić information content (AvgIpc) is 2.26. The second kappa shape index (κ2) is 5.12. The standard InChI is InChI=1S/C9H10F3NO4S/c1-13(16-2)18(14,15)8-5-3-7(4-6-8)17-9(10,11)12/h3-6H,1-2H3. The third kappa shape index (κ3) is 3.59. The molecule has 18 heavy (non-hydrogen) atoms. The largest absolute Gasteiger partial charge is 0.573 e. The molecule has 0 aliphatic rings. The Hall–Kier alpha value is -1.32. The first-order valence-corrected chi connectivity index (χ1v) is 5.99. The van der Waals surface area contributed by atoms with Crippen LogP contribution in [0.15, 0.2) is 29.2 Å². The molecule has 1 aromatic carbocycles. The number of hydrogen-bond donors (Lipinski definition) is 0. The van der Waals surface area contributed by atoms with Gasteiger partial charge in [0, 0.05) is 7.05 Å². The number of alkyl halides is 3. The minimum absolute atomic E-state index is 0.207. The summed E-state index contributed by atoms with van der Waals surface area (Å²) in [6, 6.07) is 3.80. The van der Waals surface area contributed by atoms with Crippen molar-refractivity contribution in [2.75, 3.05) is 14.2 Å². The first-order valence-electron chi connectivity index (χ1n) is 4.55. The predicted octanol–water partition coefficient (Wildman–Crippen LogP) is 1.77. The van der Waals surface area contributed by atoms with Gasteiger partial charge in [0.25, 0.3) is 10.0 Å². The highest BCUT2D eigenvalue weighted by molar-refractivity contribution is 7.89. The van der Waals surface area contributed by atoms with E-state index in [-0.39, 0.29) is 4.90 Å². The molecule has 0 saturated heterocycles. The van der Waals surface area contributed by atoms with Gasteiger partial charge in [-0.25, -0.2) is 8.42 Å². The van der Waals surface area contributed by atoms with Crippen LogP contribution in [0.1, 0.15) is 0 Å². The molecule has 5 nitrogen and oxygen atoms in total. The van der Waals surface area contributed by atoms with Crippen LogP contribution in [-0.2, 0) is 14.9 Å². The topological polar surface area (TPSA) is 55.8 Å². The van der Waals surface area contributed by atoms with Gasteiger partial charge in [-0.05, 0) is 24.3 Å².